The van der Waals surface area contributed by atoms with Gasteiger partial charge in [-0.1, -0.05) is 42.6 Å². The van der Waals surface area contributed by atoms with E-state index in [1.807, 2.05) is 25.1 Å². The van der Waals surface area contributed by atoms with Gasteiger partial charge < -0.3 is 9.30 Å². The lowest BCUT2D eigenvalue weighted by Crippen LogP contribution is -2.15. The van der Waals surface area contributed by atoms with Crippen LogP contribution >= 0.6 is 23.4 Å². The van der Waals surface area contributed by atoms with Gasteiger partial charge in [0, 0.05) is 22.4 Å². The highest BCUT2D eigenvalue weighted by Crippen LogP contribution is 2.34. The first-order chi connectivity index (χ1) is 11.2. The van der Waals surface area contributed by atoms with Gasteiger partial charge in [0.2, 0.25) is 0 Å². The highest BCUT2D eigenvalue weighted by molar-refractivity contribution is 7.98. The molecule has 6 heteroatoms. The highest BCUT2D eigenvalue weighted by Gasteiger charge is 2.21. The molecule has 0 N–H and O–H groups in total. The molecule has 0 bridgehead atoms. The number of rotatable bonds is 5. The summed E-state index contributed by atoms with van der Waals surface area (Å²) in [7, 11) is 1.69. The molecule has 1 aromatic carbocycles. The number of aromatic nitrogens is 3. The van der Waals surface area contributed by atoms with Crippen LogP contribution in [0.4, 0.5) is 0 Å². The van der Waals surface area contributed by atoms with E-state index < -0.39 is 0 Å². The largest absolute Gasteiger partial charge is 0.496 e. The van der Waals surface area contributed by atoms with Gasteiger partial charge in [0.1, 0.15) is 11.6 Å². The second kappa shape index (κ2) is 7.58. The molecule has 1 aliphatic carbocycles. The van der Waals surface area contributed by atoms with Crippen molar-refractivity contribution in [1.82, 2.24) is 14.8 Å². The van der Waals surface area contributed by atoms with Gasteiger partial charge in [-0.3, -0.25) is 0 Å². The molecule has 1 heterocycles. The van der Waals surface area contributed by atoms with Crippen LogP contribution < -0.4 is 4.74 Å². The van der Waals surface area contributed by atoms with Crippen LogP contribution in [0.5, 0.6) is 5.75 Å². The SMILES string of the molecule is COc1ccc(Cl)cc1CSc1nnc(C)n1C1CCCCC1. The normalized spacial score (nSPS) is 15.8. The molecule has 4 nitrogen and oxygen atoms in total. The molecular weight excluding hydrogens is 330 g/mol. The lowest BCUT2D eigenvalue weighted by atomic mass is 9.95. The highest BCUT2D eigenvalue weighted by atomic mass is 35.5. The summed E-state index contributed by atoms with van der Waals surface area (Å²) in [6.07, 6.45) is 6.41. The van der Waals surface area contributed by atoms with Crippen molar-refractivity contribution in [2.45, 2.75) is 56.0 Å². The number of ether oxygens (including phenoxy) is 1. The summed E-state index contributed by atoms with van der Waals surface area (Å²) in [5, 5.41) is 10.4. The van der Waals surface area contributed by atoms with Crippen molar-refractivity contribution in [3.05, 3.63) is 34.6 Å². The molecule has 1 saturated carbocycles. The Morgan fingerprint density at radius 1 is 1.26 bits per heavy atom. The van der Waals surface area contributed by atoms with E-state index in [0.717, 1.165) is 33.1 Å². The summed E-state index contributed by atoms with van der Waals surface area (Å²) >= 11 is 7.82. The molecule has 1 aliphatic rings. The first-order valence-electron chi connectivity index (χ1n) is 8.05. The molecular formula is C17H22ClN3OS. The first kappa shape index (κ1) is 16.7. The topological polar surface area (TPSA) is 39.9 Å². The third-order valence-electron chi connectivity index (χ3n) is 4.37. The predicted molar refractivity (Wildman–Crippen MR) is 94.4 cm³/mol. The maximum atomic E-state index is 6.11. The maximum Gasteiger partial charge on any atom is 0.191 e. The number of hydrogen-bond donors (Lipinski definition) is 0. The number of methoxy groups -OCH3 is 1. The third-order valence-corrected chi connectivity index (χ3v) is 5.60. The van der Waals surface area contributed by atoms with Crippen LogP contribution in [-0.2, 0) is 5.75 Å². The van der Waals surface area contributed by atoms with Crippen LogP contribution in [-0.4, -0.2) is 21.9 Å². The van der Waals surface area contributed by atoms with E-state index in [1.165, 1.54) is 32.1 Å². The van der Waals surface area contributed by atoms with Gasteiger partial charge in [-0.05, 0) is 38.0 Å². The van der Waals surface area contributed by atoms with Crippen LogP contribution in [0.15, 0.2) is 23.4 Å². The third kappa shape index (κ3) is 3.83. The van der Waals surface area contributed by atoms with Crippen LogP contribution in [0.3, 0.4) is 0 Å². The lowest BCUT2D eigenvalue weighted by Gasteiger charge is -2.25. The average Bonchev–Trinajstić information content (AvgIpc) is 2.94. The fourth-order valence-electron chi connectivity index (χ4n) is 3.21. The molecule has 1 aromatic heterocycles. The van der Waals surface area contributed by atoms with Crippen molar-refractivity contribution in [2.75, 3.05) is 7.11 Å². The smallest absolute Gasteiger partial charge is 0.191 e. The number of hydrogen-bond acceptors (Lipinski definition) is 4. The molecule has 0 aliphatic heterocycles. The molecule has 3 rings (SSSR count). The summed E-state index contributed by atoms with van der Waals surface area (Å²) in [6, 6.07) is 6.27. The van der Waals surface area contributed by atoms with Crippen molar-refractivity contribution in [3.63, 3.8) is 0 Å². The summed E-state index contributed by atoms with van der Waals surface area (Å²) < 4.78 is 7.75. The summed E-state index contributed by atoms with van der Waals surface area (Å²) in [5.74, 6) is 2.65. The van der Waals surface area contributed by atoms with E-state index in [9.17, 15) is 0 Å². The van der Waals surface area contributed by atoms with E-state index in [0.29, 0.717) is 6.04 Å². The molecule has 0 atom stereocenters. The Kier molecular flexibility index (Phi) is 5.49. The molecule has 2 aromatic rings. The molecule has 0 radical (unpaired) electrons. The van der Waals surface area contributed by atoms with Gasteiger partial charge in [-0.2, -0.15) is 0 Å². The Balaban J connectivity index is 1.77. The van der Waals surface area contributed by atoms with Crippen molar-refractivity contribution in [1.29, 1.82) is 0 Å². The predicted octanol–water partition coefficient (Wildman–Crippen LogP) is 5.05. The quantitative estimate of drug-likeness (QED) is 0.707. The minimum Gasteiger partial charge on any atom is -0.496 e. The Labute approximate surface area is 146 Å². The maximum absolute atomic E-state index is 6.11. The number of nitrogens with zero attached hydrogens (tertiary/aromatic N) is 3. The summed E-state index contributed by atoms with van der Waals surface area (Å²) in [5.41, 5.74) is 1.08. The van der Waals surface area contributed by atoms with Crippen molar-refractivity contribution in [2.24, 2.45) is 0 Å². The van der Waals surface area contributed by atoms with Crippen LogP contribution in [0.25, 0.3) is 0 Å². The van der Waals surface area contributed by atoms with Gasteiger partial charge in [-0.15, -0.1) is 10.2 Å². The minimum atomic E-state index is 0.544. The molecule has 0 amide bonds. The van der Waals surface area contributed by atoms with Gasteiger partial charge >= 0.3 is 0 Å². The zero-order chi connectivity index (χ0) is 16.2. The number of benzene rings is 1. The van der Waals surface area contributed by atoms with Gasteiger partial charge in [-0.25, -0.2) is 0 Å². The monoisotopic (exact) mass is 351 g/mol. The number of aryl methyl sites for hydroxylation is 1. The van der Waals surface area contributed by atoms with E-state index in [1.54, 1.807) is 18.9 Å². The molecule has 124 valence electrons. The van der Waals surface area contributed by atoms with Crippen molar-refractivity contribution >= 4 is 23.4 Å². The fourth-order valence-corrected chi connectivity index (χ4v) is 4.43. The van der Waals surface area contributed by atoms with Crippen LogP contribution in [0.1, 0.15) is 49.5 Å². The minimum absolute atomic E-state index is 0.544. The Hall–Kier alpha value is -1.20. The zero-order valence-electron chi connectivity index (χ0n) is 13.6. The van der Waals surface area contributed by atoms with E-state index in [4.69, 9.17) is 16.3 Å². The Morgan fingerprint density at radius 3 is 2.78 bits per heavy atom. The Morgan fingerprint density at radius 2 is 2.04 bits per heavy atom. The molecule has 0 spiro atoms. The lowest BCUT2D eigenvalue weighted by molar-refractivity contribution is 0.332. The summed E-state index contributed by atoms with van der Waals surface area (Å²) in [4.78, 5) is 0. The first-order valence-corrected chi connectivity index (χ1v) is 9.42. The van der Waals surface area contributed by atoms with E-state index >= 15 is 0 Å². The van der Waals surface area contributed by atoms with Crippen LogP contribution in [0.2, 0.25) is 5.02 Å². The molecule has 1 fully saturated rings. The fraction of sp³-hybridized carbons (Fsp3) is 0.529. The van der Waals surface area contributed by atoms with E-state index in [-0.39, 0.29) is 0 Å². The molecule has 0 saturated heterocycles. The molecule has 0 unspecified atom stereocenters. The second-order valence-corrected chi connectivity index (χ2v) is 7.32. The zero-order valence-corrected chi connectivity index (χ0v) is 15.2. The standard InChI is InChI=1S/C17H22ClN3OS/c1-12-19-20-17(21(12)15-6-4-3-5-7-15)23-11-13-10-14(18)8-9-16(13)22-2/h8-10,15H,3-7,11H2,1-2H3. The Bertz CT molecular complexity index is 668. The van der Waals surface area contributed by atoms with Gasteiger partial charge in [0.25, 0.3) is 0 Å². The van der Waals surface area contributed by atoms with Gasteiger partial charge in [0.05, 0.1) is 7.11 Å². The average molecular weight is 352 g/mol. The summed E-state index contributed by atoms with van der Waals surface area (Å²) in [6.45, 7) is 2.05. The van der Waals surface area contributed by atoms with E-state index in [2.05, 4.69) is 14.8 Å². The van der Waals surface area contributed by atoms with Gasteiger partial charge in [0.15, 0.2) is 5.16 Å². The second-order valence-electron chi connectivity index (χ2n) is 5.94. The number of thioether (sulfide) groups is 1. The van der Waals surface area contributed by atoms with Crippen molar-refractivity contribution in [3.8, 4) is 5.75 Å². The van der Waals surface area contributed by atoms with Crippen molar-refractivity contribution < 1.29 is 4.74 Å². The number of halogens is 1. The van der Waals surface area contributed by atoms with Crippen LogP contribution in [0, 0.1) is 6.92 Å². The molecule has 23 heavy (non-hydrogen) atoms.